The first-order valence-corrected chi connectivity index (χ1v) is 20.1. The smallest absolute Gasteiger partial charge is 0.247 e. The van der Waals surface area contributed by atoms with E-state index in [9.17, 15) is 0 Å². The molecule has 9 rings (SSSR count). The van der Waals surface area contributed by atoms with Crippen LogP contribution in [0.25, 0.3) is 17.2 Å². The number of rotatable bonds is 6. The SMILES string of the molecule is C=Cc1cc(-c2ccccc2)cc2c1B(c1cc3c(cc1C)C(C)(C)c1ccccc1C3(C)C)c1ccc(C)cc1N2c1ccccc1Cc1ccccc1C. The molecule has 2 aliphatic rings. The van der Waals surface area contributed by atoms with E-state index in [4.69, 9.17) is 0 Å². The zero-order chi connectivity index (χ0) is 38.9. The van der Waals surface area contributed by atoms with Crippen molar-refractivity contribution in [3.63, 3.8) is 0 Å². The Balaban J connectivity index is 1.34. The Hall–Kier alpha value is -5.86. The van der Waals surface area contributed by atoms with Crippen LogP contribution < -0.4 is 21.3 Å². The number of benzene rings is 7. The van der Waals surface area contributed by atoms with Gasteiger partial charge in [-0.25, -0.2) is 0 Å². The Labute approximate surface area is 334 Å². The van der Waals surface area contributed by atoms with E-state index in [2.05, 4.69) is 212 Å². The minimum atomic E-state index is -0.156. The molecule has 7 aromatic carbocycles. The number of nitrogens with zero attached hydrogens (tertiary/aromatic N) is 1. The molecule has 1 aliphatic carbocycles. The molecular weight excluding hydrogens is 673 g/mol. The molecular formula is C54H50BN. The molecule has 274 valence electrons. The third-order valence-corrected chi connectivity index (χ3v) is 13.0. The van der Waals surface area contributed by atoms with Gasteiger partial charge in [0.15, 0.2) is 0 Å². The Kier molecular flexibility index (Phi) is 8.58. The van der Waals surface area contributed by atoms with Crippen molar-refractivity contribution in [2.24, 2.45) is 0 Å². The van der Waals surface area contributed by atoms with Crippen molar-refractivity contribution in [1.82, 2.24) is 0 Å². The highest BCUT2D eigenvalue weighted by atomic mass is 15.2. The van der Waals surface area contributed by atoms with Crippen molar-refractivity contribution < 1.29 is 0 Å². The van der Waals surface area contributed by atoms with E-state index in [0.29, 0.717) is 0 Å². The molecule has 0 N–H and O–H groups in total. The number of anilines is 3. The van der Waals surface area contributed by atoms with Crippen LogP contribution in [0, 0.1) is 20.8 Å². The summed E-state index contributed by atoms with van der Waals surface area (Å²) in [5.41, 5.74) is 23.2. The van der Waals surface area contributed by atoms with Crippen LogP contribution in [0.4, 0.5) is 17.1 Å². The number of fused-ring (bicyclic) bond motifs is 4. The molecule has 0 unspecified atom stereocenters. The minimum Gasteiger partial charge on any atom is -0.311 e. The fraction of sp³-hybridized carbons (Fsp3) is 0.185. The maximum Gasteiger partial charge on any atom is 0.247 e. The van der Waals surface area contributed by atoms with Gasteiger partial charge < -0.3 is 4.90 Å². The summed E-state index contributed by atoms with van der Waals surface area (Å²) in [5, 5.41) is 0. The molecule has 7 aromatic rings. The van der Waals surface area contributed by atoms with Gasteiger partial charge >= 0.3 is 0 Å². The van der Waals surface area contributed by atoms with Gasteiger partial charge in [0, 0.05) is 27.9 Å². The van der Waals surface area contributed by atoms with E-state index in [1.165, 1.54) is 100 Å². The molecule has 0 spiro atoms. The first kappa shape index (κ1) is 35.8. The fourth-order valence-corrected chi connectivity index (χ4v) is 9.91. The summed E-state index contributed by atoms with van der Waals surface area (Å²) in [5.74, 6) is 0. The maximum atomic E-state index is 4.49. The molecule has 0 saturated carbocycles. The molecule has 0 saturated heterocycles. The van der Waals surface area contributed by atoms with Gasteiger partial charge in [0.05, 0.1) is 0 Å². The summed E-state index contributed by atoms with van der Waals surface area (Å²) in [6, 6.07) is 54.7. The predicted octanol–water partition coefficient (Wildman–Crippen LogP) is 11.8. The largest absolute Gasteiger partial charge is 0.311 e. The molecule has 0 amide bonds. The number of para-hydroxylation sites is 1. The molecule has 1 heterocycles. The van der Waals surface area contributed by atoms with Crippen LogP contribution in [0.3, 0.4) is 0 Å². The van der Waals surface area contributed by atoms with Crippen molar-refractivity contribution in [2.75, 3.05) is 4.90 Å². The van der Waals surface area contributed by atoms with Crippen molar-refractivity contribution in [3.05, 3.63) is 208 Å². The summed E-state index contributed by atoms with van der Waals surface area (Å²) in [4.78, 5) is 2.57. The minimum absolute atomic E-state index is 0.000383. The number of aryl methyl sites for hydroxylation is 3. The molecule has 2 heteroatoms. The van der Waals surface area contributed by atoms with E-state index < -0.39 is 0 Å². The molecule has 56 heavy (non-hydrogen) atoms. The lowest BCUT2D eigenvalue weighted by molar-refractivity contribution is 0.520. The molecule has 0 atom stereocenters. The normalized spacial score (nSPS) is 14.7. The number of hydrogen-bond donors (Lipinski definition) is 0. The Bertz CT molecular complexity index is 2680. The lowest BCUT2D eigenvalue weighted by Gasteiger charge is -2.45. The van der Waals surface area contributed by atoms with Crippen LogP contribution in [0.15, 0.2) is 152 Å². The predicted molar refractivity (Wildman–Crippen MR) is 242 cm³/mol. The van der Waals surface area contributed by atoms with Crippen LogP contribution in [0.1, 0.15) is 83.3 Å². The molecule has 1 aliphatic heterocycles. The molecule has 0 fully saturated rings. The fourth-order valence-electron chi connectivity index (χ4n) is 9.91. The molecule has 0 aromatic heterocycles. The van der Waals surface area contributed by atoms with E-state index in [0.717, 1.165) is 6.42 Å². The standard InChI is InChI=1S/C54H50BN/c1-9-38-31-42(39-20-11-10-12-21-39)33-51-52(38)55(48-34-46-45(30-37(48)4)53(5,6)43-24-16-17-25-44(43)54(46,7)8)47-28-27-35(2)29-50(47)56(51)49-26-18-15-23-41(49)32-40-22-14-13-19-36(40)3/h9-31,33-34H,1,32H2,2-8H3. The van der Waals surface area contributed by atoms with E-state index in [1.54, 1.807) is 0 Å². The van der Waals surface area contributed by atoms with Gasteiger partial charge in [-0.05, 0) is 124 Å². The van der Waals surface area contributed by atoms with Gasteiger partial charge in [-0.1, -0.05) is 173 Å². The zero-order valence-electron chi connectivity index (χ0n) is 33.9. The Morgan fingerprint density at radius 1 is 0.518 bits per heavy atom. The topological polar surface area (TPSA) is 3.24 Å². The van der Waals surface area contributed by atoms with E-state index >= 15 is 0 Å². The van der Waals surface area contributed by atoms with Crippen LogP contribution in [0.2, 0.25) is 0 Å². The maximum absolute atomic E-state index is 4.49. The molecule has 0 bridgehead atoms. The van der Waals surface area contributed by atoms with Crippen molar-refractivity contribution in [2.45, 2.75) is 65.7 Å². The second-order valence-corrected chi connectivity index (χ2v) is 17.2. The van der Waals surface area contributed by atoms with Crippen LogP contribution in [0.5, 0.6) is 0 Å². The highest BCUT2D eigenvalue weighted by Gasteiger charge is 2.44. The first-order valence-electron chi connectivity index (χ1n) is 20.1. The second kappa shape index (κ2) is 13.4. The summed E-state index contributed by atoms with van der Waals surface area (Å²) in [7, 11) is 0. The highest BCUT2D eigenvalue weighted by Crippen LogP contribution is 2.50. The monoisotopic (exact) mass is 723 g/mol. The average Bonchev–Trinajstić information content (AvgIpc) is 3.20. The lowest BCUT2D eigenvalue weighted by atomic mass is 9.33. The average molecular weight is 724 g/mol. The zero-order valence-corrected chi connectivity index (χ0v) is 33.9. The third-order valence-electron chi connectivity index (χ3n) is 13.0. The highest BCUT2D eigenvalue weighted by molar-refractivity contribution is 6.98. The van der Waals surface area contributed by atoms with Gasteiger partial charge in [-0.2, -0.15) is 0 Å². The molecule has 0 radical (unpaired) electrons. The van der Waals surface area contributed by atoms with Crippen molar-refractivity contribution in [1.29, 1.82) is 0 Å². The van der Waals surface area contributed by atoms with E-state index in [-0.39, 0.29) is 17.5 Å². The quantitative estimate of drug-likeness (QED) is 0.154. The van der Waals surface area contributed by atoms with Gasteiger partial charge in [-0.15, -0.1) is 0 Å². The first-order chi connectivity index (χ1) is 27.0. The van der Waals surface area contributed by atoms with Gasteiger partial charge in [0.1, 0.15) is 0 Å². The van der Waals surface area contributed by atoms with Crippen molar-refractivity contribution >= 4 is 46.2 Å². The molecule has 1 nitrogen and oxygen atoms in total. The third kappa shape index (κ3) is 5.61. The van der Waals surface area contributed by atoms with E-state index in [1.807, 2.05) is 0 Å². The van der Waals surface area contributed by atoms with Gasteiger partial charge in [0.2, 0.25) is 6.71 Å². The van der Waals surface area contributed by atoms with Gasteiger partial charge in [0.25, 0.3) is 0 Å². The summed E-state index contributed by atoms with van der Waals surface area (Å²) in [6.45, 7) is 20.9. The van der Waals surface area contributed by atoms with Gasteiger partial charge in [-0.3, -0.25) is 0 Å². The number of hydrogen-bond acceptors (Lipinski definition) is 1. The van der Waals surface area contributed by atoms with Crippen LogP contribution >= 0.6 is 0 Å². The Morgan fingerprint density at radius 3 is 1.84 bits per heavy atom. The summed E-state index contributed by atoms with van der Waals surface area (Å²) in [6.07, 6.45) is 2.94. The second-order valence-electron chi connectivity index (χ2n) is 17.2. The summed E-state index contributed by atoms with van der Waals surface area (Å²) < 4.78 is 0. The Morgan fingerprint density at radius 2 is 1.14 bits per heavy atom. The van der Waals surface area contributed by atoms with Crippen LogP contribution in [-0.2, 0) is 17.3 Å². The van der Waals surface area contributed by atoms with Crippen LogP contribution in [-0.4, -0.2) is 6.71 Å². The summed E-state index contributed by atoms with van der Waals surface area (Å²) >= 11 is 0. The van der Waals surface area contributed by atoms with Crippen molar-refractivity contribution in [3.8, 4) is 11.1 Å². The lowest BCUT2D eigenvalue weighted by Crippen LogP contribution is -2.59.